The predicted molar refractivity (Wildman–Crippen MR) is 53.5 cm³/mol. The van der Waals surface area contributed by atoms with Gasteiger partial charge >= 0.3 is 0 Å². The van der Waals surface area contributed by atoms with Crippen LogP contribution >= 0.6 is 0 Å². The Labute approximate surface area is 74.0 Å². The van der Waals surface area contributed by atoms with Crippen LogP contribution < -0.4 is 0 Å². The van der Waals surface area contributed by atoms with Gasteiger partial charge in [0.25, 0.3) is 0 Å². The highest BCUT2D eigenvalue weighted by atomic mass is 14.4. The Morgan fingerprint density at radius 2 is 2.25 bits per heavy atom. The van der Waals surface area contributed by atoms with Crippen LogP contribution in [-0.4, -0.2) is 5.71 Å². The molecule has 0 radical (unpaired) electrons. The summed E-state index contributed by atoms with van der Waals surface area (Å²) in [5.74, 6) is 0.313. The molecule has 1 aliphatic rings. The van der Waals surface area contributed by atoms with Gasteiger partial charge in [-0.1, -0.05) is 30.4 Å². The van der Waals surface area contributed by atoms with Crippen LogP contribution in [0.3, 0.4) is 0 Å². The molecule has 0 aromatic carbocycles. The molecule has 0 heterocycles. The van der Waals surface area contributed by atoms with Crippen molar-refractivity contribution in [2.75, 3.05) is 0 Å². The summed E-state index contributed by atoms with van der Waals surface area (Å²) in [5, 5.41) is 7.46. The molecular formula is C11H15N. The van der Waals surface area contributed by atoms with Gasteiger partial charge in [0, 0.05) is 11.6 Å². The Morgan fingerprint density at radius 1 is 1.58 bits per heavy atom. The molecule has 0 spiro atoms. The van der Waals surface area contributed by atoms with E-state index in [1.165, 1.54) is 5.57 Å². The first-order valence-electron chi connectivity index (χ1n) is 4.20. The summed E-state index contributed by atoms with van der Waals surface area (Å²) >= 11 is 0. The van der Waals surface area contributed by atoms with Crippen LogP contribution in [-0.2, 0) is 0 Å². The van der Waals surface area contributed by atoms with Crippen molar-refractivity contribution in [2.24, 2.45) is 5.92 Å². The lowest BCUT2D eigenvalue weighted by Crippen LogP contribution is -2.08. The molecule has 0 aromatic rings. The first-order valence-corrected chi connectivity index (χ1v) is 4.20. The lowest BCUT2D eigenvalue weighted by Gasteiger charge is -2.14. The third-order valence-corrected chi connectivity index (χ3v) is 2.15. The lowest BCUT2D eigenvalue weighted by molar-refractivity contribution is 0.849. The minimum absolute atomic E-state index is 0.313. The SMILES string of the molecule is C=C(C)C1=CC[C@H](C(C)=N)C=C1. The molecule has 1 nitrogen and oxygen atoms in total. The van der Waals surface area contributed by atoms with E-state index in [4.69, 9.17) is 5.41 Å². The topological polar surface area (TPSA) is 23.9 Å². The molecule has 1 atom stereocenters. The van der Waals surface area contributed by atoms with Crippen molar-refractivity contribution in [1.82, 2.24) is 0 Å². The van der Waals surface area contributed by atoms with Gasteiger partial charge in [0.15, 0.2) is 0 Å². The van der Waals surface area contributed by atoms with E-state index in [9.17, 15) is 0 Å². The van der Waals surface area contributed by atoms with E-state index >= 15 is 0 Å². The van der Waals surface area contributed by atoms with E-state index in [0.717, 1.165) is 17.7 Å². The molecule has 1 heteroatoms. The fourth-order valence-electron chi connectivity index (χ4n) is 1.26. The van der Waals surface area contributed by atoms with Crippen molar-refractivity contribution >= 4 is 5.71 Å². The van der Waals surface area contributed by atoms with Crippen molar-refractivity contribution < 1.29 is 0 Å². The van der Waals surface area contributed by atoms with E-state index in [2.05, 4.69) is 24.8 Å². The van der Waals surface area contributed by atoms with E-state index < -0.39 is 0 Å². The van der Waals surface area contributed by atoms with Gasteiger partial charge in [0.2, 0.25) is 0 Å². The van der Waals surface area contributed by atoms with Gasteiger partial charge in [0.05, 0.1) is 0 Å². The molecule has 0 bridgehead atoms. The van der Waals surface area contributed by atoms with Crippen LogP contribution in [0.25, 0.3) is 0 Å². The Morgan fingerprint density at radius 3 is 2.58 bits per heavy atom. The third-order valence-electron chi connectivity index (χ3n) is 2.15. The molecule has 0 saturated carbocycles. The van der Waals surface area contributed by atoms with Crippen LogP contribution in [0.2, 0.25) is 0 Å². The summed E-state index contributed by atoms with van der Waals surface area (Å²) in [6.45, 7) is 7.74. The Kier molecular flexibility index (Phi) is 2.64. The zero-order chi connectivity index (χ0) is 9.14. The van der Waals surface area contributed by atoms with Crippen LogP contribution in [0.4, 0.5) is 0 Å². The van der Waals surface area contributed by atoms with Gasteiger partial charge in [-0.25, -0.2) is 0 Å². The molecule has 1 aliphatic carbocycles. The smallest absolute Gasteiger partial charge is 0.0180 e. The first-order chi connectivity index (χ1) is 5.61. The highest BCUT2D eigenvalue weighted by Gasteiger charge is 2.09. The largest absolute Gasteiger partial charge is 0.309 e. The second-order valence-electron chi connectivity index (χ2n) is 3.32. The number of allylic oxidation sites excluding steroid dienone is 5. The maximum Gasteiger partial charge on any atom is 0.0180 e. The second kappa shape index (κ2) is 3.53. The minimum atomic E-state index is 0.313. The van der Waals surface area contributed by atoms with Crippen molar-refractivity contribution in [3.8, 4) is 0 Å². The maximum absolute atomic E-state index is 7.46. The summed E-state index contributed by atoms with van der Waals surface area (Å²) < 4.78 is 0. The molecule has 1 N–H and O–H groups in total. The van der Waals surface area contributed by atoms with Crippen LogP contribution in [0.1, 0.15) is 20.3 Å². The average Bonchev–Trinajstić information content (AvgIpc) is 2.04. The van der Waals surface area contributed by atoms with E-state index in [1.807, 2.05) is 13.8 Å². The van der Waals surface area contributed by atoms with E-state index in [1.54, 1.807) is 0 Å². The van der Waals surface area contributed by atoms with Gasteiger partial charge < -0.3 is 5.41 Å². The Bertz CT molecular complexity index is 269. The molecule has 64 valence electrons. The fraction of sp³-hybridized carbons (Fsp3) is 0.364. The zero-order valence-corrected chi connectivity index (χ0v) is 7.72. The van der Waals surface area contributed by atoms with Gasteiger partial charge in [-0.05, 0) is 25.8 Å². The minimum Gasteiger partial charge on any atom is -0.309 e. The van der Waals surface area contributed by atoms with Crippen molar-refractivity contribution in [3.63, 3.8) is 0 Å². The number of hydrogen-bond acceptors (Lipinski definition) is 1. The summed E-state index contributed by atoms with van der Waals surface area (Å²) in [4.78, 5) is 0. The number of hydrogen-bond donors (Lipinski definition) is 1. The first kappa shape index (κ1) is 8.98. The second-order valence-corrected chi connectivity index (χ2v) is 3.32. The maximum atomic E-state index is 7.46. The van der Waals surface area contributed by atoms with E-state index in [0.29, 0.717) is 5.92 Å². The van der Waals surface area contributed by atoms with Crippen molar-refractivity contribution in [1.29, 1.82) is 5.41 Å². The third kappa shape index (κ3) is 1.94. The predicted octanol–water partition coefficient (Wildman–Crippen LogP) is 3.10. The zero-order valence-electron chi connectivity index (χ0n) is 7.72. The summed E-state index contributed by atoms with van der Waals surface area (Å²) in [7, 11) is 0. The molecule has 0 aromatic heterocycles. The standard InChI is InChI=1S/C11H15N/c1-8(2)10-4-6-11(7-5-10)9(3)12/h4-6,11-12H,1,7H2,2-3H3/t11-/m1/s1. The highest BCUT2D eigenvalue weighted by Crippen LogP contribution is 2.20. The Hall–Kier alpha value is -1.11. The molecule has 12 heavy (non-hydrogen) atoms. The van der Waals surface area contributed by atoms with E-state index in [-0.39, 0.29) is 0 Å². The monoisotopic (exact) mass is 161 g/mol. The summed E-state index contributed by atoms with van der Waals surface area (Å²) in [6, 6.07) is 0. The van der Waals surface area contributed by atoms with Crippen molar-refractivity contribution in [3.05, 3.63) is 36.0 Å². The van der Waals surface area contributed by atoms with Crippen LogP contribution in [0.15, 0.2) is 36.0 Å². The number of nitrogens with one attached hydrogen (secondary N) is 1. The normalized spacial score (nSPS) is 21.8. The Balaban J connectivity index is 2.68. The van der Waals surface area contributed by atoms with Gasteiger partial charge in [-0.2, -0.15) is 0 Å². The molecule has 0 saturated heterocycles. The quantitative estimate of drug-likeness (QED) is 0.602. The average molecular weight is 161 g/mol. The molecule has 0 amide bonds. The summed E-state index contributed by atoms with van der Waals surface area (Å²) in [5.41, 5.74) is 3.06. The van der Waals surface area contributed by atoms with Gasteiger partial charge in [-0.15, -0.1) is 0 Å². The fourth-order valence-corrected chi connectivity index (χ4v) is 1.26. The molecule has 0 fully saturated rings. The molecule has 1 rings (SSSR count). The van der Waals surface area contributed by atoms with Crippen molar-refractivity contribution in [2.45, 2.75) is 20.3 Å². The number of rotatable bonds is 2. The lowest BCUT2D eigenvalue weighted by atomic mass is 9.91. The van der Waals surface area contributed by atoms with Crippen LogP contribution in [0.5, 0.6) is 0 Å². The molecule has 0 aliphatic heterocycles. The summed E-state index contributed by atoms with van der Waals surface area (Å²) in [6.07, 6.45) is 7.26. The van der Waals surface area contributed by atoms with Gasteiger partial charge in [-0.3, -0.25) is 0 Å². The van der Waals surface area contributed by atoms with Crippen LogP contribution in [0, 0.1) is 11.3 Å². The molecule has 0 unspecified atom stereocenters. The molecular weight excluding hydrogens is 146 g/mol. The van der Waals surface area contributed by atoms with Gasteiger partial charge in [0.1, 0.15) is 0 Å². The highest BCUT2D eigenvalue weighted by molar-refractivity contribution is 5.83.